The predicted molar refractivity (Wildman–Crippen MR) is 84.9 cm³/mol. The van der Waals surface area contributed by atoms with Gasteiger partial charge in [-0.3, -0.25) is 0 Å². The Labute approximate surface area is 124 Å². The van der Waals surface area contributed by atoms with E-state index in [-0.39, 0.29) is 0 Å². The second-order valence-corrected chi connectivity index (χ2v) is 7.67. The SMILES string of the molecule is CCO[Si](CC)(OCC)OCC(CC)c1ccccc1. The lowest BCUT2D eigenvalue weighted by molar-refractivity contribution is 0.0629. The Bertz CT molecular complexity index is 350. The number of hydrogen-bond acceptors (Lipinski definition) is 3. The molecule has 20 heavy (non-hydrogen) atoms. The Morgan fingerprint density at radius 2 is 1.50 bits per heavy atom. The van der Waals surface area contributed by atoms with E-state index in [1.807, 2.05) is 19.9 Å². The van der Waals surface area contributed by atoms with Gasteiger partial charge in [0.25, 0.3) is 0 Å². The van der Waals surface area contributed by atoms with Crippen molar-refractivity contribution in [3.05, 3.63) is 35.9 Å². The van der Waals surface area contributed by atoms with E-state index in [0.29, 0.717) is 25.7 Å². The molecule has 114 valence electrons. The molecule has 3 nitrogen and oxygen atoms in total. The van der Waals surface area contributed by atoms with Gasteiger partial charge < -0.3 is 13.3 Å². The van der Waals surface area contributed by atoms with E-state index in [9.17, 15) is 0 Å². The average Bonchev–Trinajstić information content (AvgIpc) is 2.49. The minimum absolute atomic E-state index is 0.399. The molecule has 0 amide bonds. The summed E-state index contributed by atoms with van der Waals surface area (Å²) in [6.07, 6.45) is 1.05. The van der Waals surface area contributed by atoms with E-state index in [1.165, 1.54) is 5.56 Å². The lowest BCUT2D eigenvalue weighted by Gasteiger charge is -2.29. The van der Waals surface area contributed by atoms with Gasteiger partial charge in [-0.05, 0) is 25.8 Å². The van der Waals surface area contributed by atoms with Gasteiger partial charge in [0.1, 0.15) is 0 Å². The largest absolute Gasteiger partial charge is 0.500 e. The van der Waals surface area contributed by atoms with Crippen LogP contribution in [0.25, 0.3) is 0 Å². The zero-order valence-electron chi connectivity index (χ0n) is 13.2. The van der Waals surface area contributed by atoms with Gasteiger partial charge in [-0.15, -0.1) is 0 Å². The number of hydrogen-bond donors (Lipinski definition) is 0. The predicted octanol–water partition coefficient (Wildman–Crippen LogP) is 4.23. The lowest BCUT2D eigenvalue weighted by atomic mass is 9.98. The van der Waals surface area contributed by atoms with Crippen molar-refractivity contribution in [2.45, 2.75) is 46.1 Å². The highest BCUT2D eigenvalue weighted by Crippen LogP contribution is 2.23. The van der Waals surface area contributed by atoms with Gasteiger partial charge in [-0.2, -0.15) is 0 Å². The molecule has 0 aromatic heterocycles. The summed E-state index contributed by atoms with van der Waals surface area (Å²) < 4.78 is 17.9. The number of rotatable bonds is 10. The van der Waals surface area contributed by atoms with E-state index in [0.717, 1.165) is 12.5 Å². The molecule has 0 radical (unpaired) electrons. The van der Waals surface area contributed by atoms with Crippen LogP contribution in [-0.4, -0.2) is 28.6 Å². The molecule has 1 aromatic rings. The van der Waals surface area contributed by atoms with Crippen LogP contribution in [0.15, 0.2) is 30.3 Å². The molecule has 1 unspecified atom stereocenters. The zero-order chi connectivity index (χ0) is 14.8. The van der Waals surface area contributed by atoms with Crippen molar-refractivity contribution in [1.82, 2.24) is 0 Å². The third kappa shape index (κ3) is 5.02. The molecule has 4 heteroatoms. The summed E-state index contributed by atoms with van der Waals surface area (Å²) in [6, 6.07) is 11.3. The fraction of sp³-hybridized carbons (Fsp3) is 0.625. The molecule has 0 bridgehead atoms. The molecule has 1 atom stereocenters. The van der Waals surface area contributed by atoms with Crippen molar-refractivity contribution < 1.29 is 13.3 Å². The van der Waals surface area contributed by atoms with Crippen molar-refractivity contribution in [3.63, 3.8) is 0 Å². The highest BCUT2D eigenvalue weighted by Gasteiger charge is 2.39. The second kappa shape index (κ2) is 9.29. The highest BCUT2D eigenvalue weighted by molar-refractivity contribution is 6.60. The van der Waals surface area contributed by atoms with Gasteiger partial charge in [0.15, 0.2) is 0 Å². The lowest BCUT2D eigenvalue weighted by Crippen LogP contribution is -2.46. The molecule has 1 aromatic carbocycles. The standard InChI is InChI=1S/C16H28O3Si/c1-5-15(16-12-10-9-11-13-16)14-19-20(8-4,17-6-2)18-7-3/h9-13,15H,5-8,14H2,1-4H3. The first-order valence-corrected chi connectivity index (χ1v) is 9.61. The van der Waals surface area contributed by atoms with Crippen LogP contribution in [0.3, 0.4) is 0 Å². The van der Waals surface area contributed by atoms with Gasteiger partial charge in [0.05, 0.1) is 0 Å². The minimum atomic E-state index is -2.48. The fourth-order valence-electron chi connectivity index (χ4n) is 2.27. The Morgan fingerprint density at radius 3 is 1.95 bits per heavy atom. The molecule has 0 saturated heterocycles. The van der Waals surface area contributed by atoms with Crippen molar-refractivity contribution in [2.24, 2.45) is 0 Å². The van der Waals surface area contributed by atoms with Gasteiger partial charge >= 0.3 is 8.80 Å². The smallest absolute Gasteiger partial charge is 0.374 e. The van der Waals surface area contributed by atoms with Crippen molar-refractivity contribution in [2.75, 3.05) is 19.8 Å². The molecule has 0 N–H and O–H groups in total. The first kappa shape index (κ1) is 17.4. The maximum Gasteiger partial charge on any atom is 0.500 e. The van der Waals surface area contributed by atoms with Gasteiger partial charge in [-0.25, -0.2) is 0 Å². The van der Waals surface area contributed by atoms with E-state index in [2.05, 4.69) is 38.1 Å². The average molecular weight is 296 g/mol. The van der Waals surface area contributed by atoms with Crippen molar-refractivity contribution in [3.8, 4) is 0 Å². The van der Waals surface area contributed by atoms with Crippen LogP contribution in [0, 0.1) is 0 Å². The van der Waals surface area contributed by atoms with Gasteiger partial charge in [0.2, 0.25) is 0 Å². The Kier molecular flexibility index (Phi) is 8.07. The molecule has 1 rings (SSSR count). The van der Waals surface area contributed by atoms with Crippen LogP contribution < -0.4 is 0 Å². The molecule has 0 spiro atoms. The third-order valence-corrected chi connectivity index (χ3v) is 6.36. The normalized spacial score (nSPS) is 13.4. The van der Waals surface area contributed by atoms with Gasteiger partial charge in [-0.1, -0.05) is 44.2 Å². The van der Waals surface area contributed by atoms with Crippen LogP contribution in [0.2, 0.25) is 6.04 Å². The highest BCUT2D eigenvalue weighted by atomic mass is 28.4. The first-order chi connectivity index (χ1) is 9.71. The molecule has 0 aliphatic heterocycles. The molecule has 0 fully saturated rings. The van der Waals surface area contributed by atoms with Gasteiger partial charge in [0, 0.05) is 31.8 Å². The molecular weight excluding hydrogens is 268 g/mol. The zero-order valence-corrected chi connectivity index (χ0v) is 14.2. The van der Waals surface area contributed by atoms with E-state index >= 15 is 0 Å². The van der Waals surface area contributed by atoms with Crippen LogP contribution in [0.4, 0.5) is 0 Å². The summed E-state index contributed by atoms with van der Waals surface area (Å²) >= 11 is 0. The second-order valence-electron chi connectivity index (χ2n) is 4.73. The summed E-state index contributed by atoms with van der Waals surface area (Å²) in [4.78, 5) is 0. The van der Waals surface area contributed by atoms with Crippen LogP contribution in [0.1, 0.15) is 45.6 Å². The van der Waals surface area contributed by atoms with E-state index in [1.54, 1.807) is 0 Å². The molecule has 0 heterocycles. The maximum absolute atomic E-state index is 6.16. The molecule has 0 saturated carbocycles. The van der Waals surface area contributed by atoms with E-state index < -0.39 is 8.80 Å². The number of benzene rings is 1. The molecule has 0 aliphatic carbocycles. The summed E-state index contributed by atoms with van der Waals surface area (Å²) in [7, 11) is -2.48. The summed E-state index contributed by atoms with van der Waals surface area (Å²) in [5.74, 6) is 0.399. The van der Waals surface area contributed by atoms with Crippen LogP contribution in [-0.2, 0) is 13.3 Å². The monoisotopic (exact) mass is 296 g/mol. The summed E-state index contributed by atoms with van der Waals surface area (Å²) in [6.45, 7) is 10.2. The van der Waals surface area contributed by atoms with Crippen LogP contribution >= 0.6 is 0 Å². The maximum atomic E-state index is 6.16. The van der Waals surface area contributed by atoms with E-state index in [4.69, 9.17) is 13.3 Å². The molecular formula is C16H28O3Si. The first-order valence-electron chi connectivity index (χ1n) is 7.68. The Morgan fingerprint density at radius 1 is 0.900 bits per heavy atom. The minimum Gasteiger partial charge on any atom is -0.374 e. The Balaban J connectivity index is 2.69. The van der Waals surface area contributed by atoms with Crippen molar-refractivity contribution >= 4 is 8.80 Å². The topological polar surface area (TPSA) is 27.7 Å². The summed E-state index contributed by atoms with van der Waals surface area (Å²) in [5, 5.41) is 0. The quantitative estimate of drug-likeness (QED) is 0.605. The summed E-state index contributed by atoms with van der Waals surface area (Å²) in [5.41, 5.74) is 1.32. The third-order valence-electron chi connectivity index (χ3n) is 3.43. The Hall–Kier alpha value is -0.683. The fourth-order valence-corrected chi connectivity index (χ4v) is 4.47. The van der Waals surface area contributed by atoms with Crippen molar-refractivity contribution in [1.29, 1.82) is 0 Å². The molecule has 0 aliphatic rings. The van der Waals surface area contributed by atoms with Crippen LogP contribution in [0.5, 0.6) is 0 Å².